The number of pyridine rings is 1. The van der Waals surface area contributed by atoms with Crippen LogP contribution >= 0.6 is 0 Å². The molecule has 5 rings (SSSR count). The van der Waals surface area contributed by atoms with Crippen molar-refractivity contribution in [2.24, 2.45) is 5.73 Å². The van der Waals surface area contributed by atoms with Gasteiger partial charge in [-0.15, -0.1) is 5.10 Å². The predicted octanol–water partition coefficient (Wildman–Crippen LogP) is 4.20. The number of aromatic nitrogens is 3. The van der Waals surface area contributed by atoms with Crippen molar-refractivity contribution in [2.45, 2.75) is 50.8 Å². The summed E-state index contributed by atoms with van der Waals surface area (Å²) >= 11 is 0. The van der Waals surface area contributed by atoms with Gasteiger partial charge >= 0.3 is 0 Å². The Kier molecular flexibility index (Phi) is 5.66. The Bertz CT molecular complexity index is 1120. The fourth-order valence-electron chi connectivity index (χ4n) is 4.76. The number of benzene rings is 1. The molecule has 1 aromatic carbocycles. The molecule has 1 aliphatic carbocycles. The molecule has 0 radical (unpaired) electrons. The summed E-state index contributed by atoms with van der Waals surface area (Å²) in [4.78, 5) is 7.15. The number of rotatable bonds is 4. The lowest BCUT2D eigenvalue weighted by Crippen LogP contribution is -2.36. The molecule has 7 nitrogen and oxygen atoms in total. The van der Waals surface area contributed by atoms with E-state index in [0.717, 1.165) is 52.9 Å². The van der Waals surface area contributed by atoms with E-state index in [2.05, 4.69) is 52.5 Å². The van der Waals surface area contributed by atoms with Crippen LogP contribution in [0.15, 0.2) is 42.6 Å². The van der Waals surface area contributed by atoms with Gasteiger partial charge in [-0.2, -0.15) is 10.1 Å². The van der Waals surface area contributed by atoms with Gasteiger partial charge in [-0.25, -0.2) is 0 Å². The topological polar surface area (TPSA) is 86.4 Å². The first-order valence-corrected chi connectivity index (χ1v) is 11.2. The lowest BCUT2D eigenvalue weighted by molar-refractivity contribution is 0.290. The summed E-state index contributed by atoms with van der Waals surface area (Å²) in [6, 6.07) is 13.2. The van der Waals surface area contributed by atoms with Crippen LogP contribution in [0.25, 0.3) is 22.3 Å². The van der Waals surface area contributed by atoms with Crippen molar-refractivity contribution in [3.05, 3.63) is 48.2 Å². The van der Waals surface area contributed by atoms with Crippen LogP contribution in [0, 0.1) is 0 Å². The van der Waals surface area contributed by atoms with Gasteiger partial charge < -0.3 is 20.1 Å². The Morgan fingerprint density at radius 2 is 1.91 bits per heavy atom. The molecule has 3 heterocycles. The Morgan fingerprint density at radius 1 is 1.06 bits per heavy atom. The smallest absolute Gasteiger partial charge is 0.233 e. The Labute approximate surface area is 188 Å². The molecular weight excluding hydrogens is 402 g/mol. The second kappa shape index (κ2) is 8.74. The fourth-order valence-corrected chi connectivity index (χ4v) is 4.76. The van der Waals surface area contributed by atoms with Crippen LogP contribution in [0.5, 0.6) is 11.8 Å². The summed E-state index contributed by atoms with van der Waals surface area (Å²) < 4.78 is 11.3. The summed E-state index contributed by atoms with van der Waals surface area (Å²) in [6.45, 7) is 0.486. The van der Waals surface area contributed by atoms with E-state index >= 15 is 0 Å². The molecule has 0 saturated heterocycles. The van der Waals surface area contributed by atoms with Gasteiger partial charge in [0.25, 0.3) is 0 Å². The molecule has 1 fully saturated rings. The average Bonchev–Trinajstić information content (AvgIpc) is 3.07. The lowest BCUT2D eigenvalue weighted by atomic mass is 9.95. The zero-order valence-electron chi connectivity index (χ0n) is 18.6. The fraction of sp³-hybridized carbons (Fsp3) is 0.400. The molecular formula is C25H29N5O2. The van der Waals surface area contributed by atoms with Crippen LogP contribution in [0.1, 0.15) is 37.7 Å². The molecule has 1 saturated carbocycles. The number of anilines is 1. The van der Waals surface area contributed by atoms with Crippen LogP contribution in [0.3, 0.4) is 0 Å². The van der Waals surface area contributed by atoms with E-state index in [9.17, 15) is 0 Å². The number of hydrogen-bond acceptors (Lipinski definition) is 7. The van der Waals surface area contributed by atoms with Crippen LogP contribution in [-0.2, 0) is 6.61 Å². The van der Waals surface area contributed by atoms with Crippen molar-refractivity contribution in [3.8, 4) is 34.0 Å². The van der Waals surface area contributed by atoms with Gasteiger partial charge in [0.2, 0.25) is 11.8 Å². The molecule has 166 valence electrons. The number of nitrogens with two attached hydrogens (primary N) is 1. The van der Waals surface area contributed by atoms with Gasteiger partial charge in [-0.3, -0.25) is 0 Å². The maximum absolute atomic E-state index is 6.29. The predicted molar refractivity (Wildman–Crippen MR) is 125 cm³/mol. The molecule has 2 N–H and O–H groups in total. The maximum atomic E-state index is 6.29. The SMILES string of the molecule is COc1cc(-c2ccc3c(c2)COc2nc(N(C)C4CCCCC(N)C4)ccc2-3)cnn1. The number of hydrogen-bond donors (Lipinski definition) is 1. The minimum Gasteiger partial charge on any atom is -0.480 e. The molecule has 32 heavy (non-hydrogen) atoms. The molecule has 0 amide bonds. The Hall–Kier alpha value is -3.19. The van der Waals surface area contributed by atoms with E-state index in [0.29, 0.717) is 24.4 Å². The molecule has 3 aromatic rings. The number of methoxy groups -OCH3 is 1. The van der Waals surface area contributed by atoms with E-state index in [1.807, 2.05) is 6.07 Å². The maximum Gasteiger partial charge on any atom is 0.233 e. The summed E-state index contributed by atoms with van der Waals surface area (Å²) in [5.74, 6) is 2.13. The second-order valence-corrected chi connectivity index (χ2v) is 8.71. The third-order valence-corrected chi connectivity index (χ3v) is 6.63. The highest BCUT2D eigenvalue weighted by Gasteiger charge is 2.25. The van der Waals surface area contributed by atoms with Gasteiger partial charge in [-0.05, 0) is 54.2 Å². The van der Waals surface area contributed by atoms with E-state index in [1.54, 1.807) is 13.3 Å². The lowest BCUT2D eigenvalue weighted by Gasteiger charge is -2.30. The summed E-state index contributed by atoms with van der Waals surface area (Å²) in [6.07, 6.45) is 7.46. The first-order valence-electron chi connectivity index (χ1n) is 11.2. The Morgan fingerprint density at radius 3 is 2.78 bits per heavy atom. The van der Waals surface area contributed by atoms with Crippen molar-refractivity contribution in [3.63, 3.8) is 0 Å². The molecule has 2 aromatic heterocycles. The quantitative estimate of drug-likeness (QED) is 0.620. The zero-order valence-corrected chi connectivity index (χ0v) is 18.6. The zero-order chi connectivity index (χ0) is 22.1. The third-order valence-electron chi connectivity index (χ3n) is 6.63. The van der Waals surface area contributed by atoms with Gasteiger partial charge in [-0.1, -0.05) is 25.0 Å². The van der Waals surface area contributed by atoms with Crippen molar-refractivity contribution in [1.29, 1.82) is 0 Å². The summed E-state index contributed by atoms with van der Waals surface area (Å²) in [7, 11) is 3.71. The summed E-state index contributed by atoms with van der Waals surface area (Å²) in [5.41, 5.74) is 11.6. The average molecular weight is 432 g/mol. The van der Waals surface area contributed by atoms with Gasteiger partial charge in [0.15, 0.2) is 0 Å². The normalized spacial score (nSPS) is 19.8. The highest BCUT2D eigenvalue weighted by atomic mass is 16.5. The third kappa shape index (κ3) is 4.00. The molecule has 2 aliphatic rings. The first kappa shape index (κ1) is 20.7. The van der Waals surface area contributed by atoms with Crippen LogP contribution in [0.4, 0.5) is 5.82 Å². The van der Waals surface area contributed by atoms with Gasteiger partial charge in [0.05, 0.1) is 13.3 Å². The van der Waals surface area contributed by atoms with Crippen molar-refractivity contribution in [2.75, 3.05) is 19.1 Å². The first-order chi connectivity index (χ1) is 15.6. The number of fused-ring (bicyclic) bond motifs is 3. The molecule has 0 spiro atoms. The van der Waals surface area contributed by atoms with Crippen LogP contribution in [-0.4, -0.2) is 41.4 Å². The number of ether oxygens (including phenoxy) is 2. The number of nitrogens with zero attached hydrogens (tertiary/aromatic N) is 4. The van der Waals surface area contributed by atoms with Crippen LogP contribution in [0.2, 0.25) is 0 Å². The minimum atomic E-state index is 0.274. The van der Waals surface area contributed by atoms with Crippen LogP contribution < -0.4 is 20.1 Å². The van der Waals surface area contributed by atoms with Crippen molar-refractivity contribution >= 4 is 5.82 Å². The largest absolute Gasteiger partial charge is 0.480 e. The molecule has 7 heteroatoms. The molecule has 1 aliphatic heterocycles. The Balaban J connectivity index is 1.42. The summed E-state index contributed by atoms with van der Waals surface area (Å²) in [5, 5.41) is 7.98. The standard InChI is InChI=1S/C25H29N5O2/c1-30(20-6-4-3-5-19(26)13-20)23-10-9-22-21-8-7-16(11-18(21)15-32-25(22)28-23)17-12-24(31-2)29-27-14-17/h7-12,14,19-20H,3-6,13,15,26H2,1-2H3. The van der Waals surface area contributed by atoms with E-state index in [1.165, 1.54) is 12.8 Å². The highest BCUT2D eigenvalue weighted by Crippen LogP contribution is 2.39. The van der Waals surface area contributed by atoms with Crippen molar-refractivity contribution in [1.82, 2.24) is 15.2 Å². The van der Waals surface area contributed by atoms with E-state index < -0.39 is 0 Å². The molecule has 2 unspecified atom stereocenters. The van der Waals surface area contributed by atoms with E-state index in [-0.39, 0.29) is 6.04 Å². The van der Waals surface area contributed by atoms with E-state index in [4.69, 9.17) is 20.2 Å². The second-order valence-electron chi connectivity index (χ2n) is 8.71. The van der Waals surface area contributed by atoms with Gasteiger partial charge in [0, 0.05) is 36.3 Å². The molecule has 2 atom stereocenters. The van der Waals surface area contributed by atoms with Crippen molar-refractivity contribution < 1.29 is 9.47 Å². The monoisotopic (exact) mass is 431 g/mol. The van der Waals surface area contributed by atoms with Gasteiger partial charge in [0.1, 0.15) is 12.4 Å². The molecule has 0 bridgehead atoms. The minimum absolute atomic E-state index is 0.274. The highest BCUT2D eigenvalue weighted by molar-refractivity contribution is 5.78.